The molecule has 0 fully saturated rings. The average Bonchev–Trinajstić information content (AvgIpc) is 2.79. The van der Waals surface area contributed by atoms with Crippen LogP contribution in [0.2, 0.25) is 0 Å². The van der Waals surface area contributed by atoms with Gasteiger partial charge in [-0.25, -0.2) is 4.68 Å². The summed E-state index contributed by atoms with van der Waals surface area (Å²) in [6.07, 6.45) is 1.93. The van der Waals surface area contributed by atoms with E-state index >= 15 is 0 Å². The van der Waals surface area contributed by atoms with E-state index < -0.39 is 0 Å². The Morgan fingerprint density at radius 2 is 1.90 bits per heavy atom. The van der Waals surface area contributed by atoms with Crippen LogP contribution in [-0.4, -0.2) is 27.5 Å². The van der Waals surface area contributed by atoms with E-state index in [4.69, 9.17) is 17.0 Å². The average molecular weight is 320 g/mol. The van der Waals surface area contributed by atoms with Crippen LogP contribution in [-0.2, 0) is 0 Å². The normalized spacial score (nSPS) is 11.0. The molecule has 0 unspecified atom stereocenters. The highest BCUT2D eigenvalue weighted by molar-refractivity contribution is 8.22. The first kappa shape index (κ1) is 15.7. The summed E-state index contributed by atoms with van der Waals surface area (Å²) in [4.78, 5) is 0. The Labute approximate surface area is 133 Å². The van der Waals surface area contributed by atoms with Crippen molar-refractivity contribution in [3.63, 3.8) is 0 Å². The van der Waals surface area contributed by atoms with Crippen molar-refractivity contribution in [3.05, 3.63) is 35.7 Å². The lowest BCUT2D eigenvalue weighted by Gasteiger charge is -2.01. The van der Waals surface area contributed by atoms with Crippen molar-refractivity contribution in [2.45, 2.75) is 13.8 Å². The first-order valence-corrected chi connectivity index (χ1v) is 7.90. The molecular formula is C14H16N4OS2. The highest BCUT2D eigenvalue weighted by atomic mass is 32.2. The maximum absolute atomic E-state index is 5.26. The minimum atomic E-state index is 0.696. The summed E-state index contributed by atoms with van der Waals surface area (Å²) in [5.74, 6) is 0.791. The van der Waals surface area contributed by atoms with Crippen molar-refractivity contribution in [3.8, 4) is 5.75 Å². The number of aromatic nitrogens is 2. The van der Waals surface area contributed by atoms with Gasteiger partial charge in [0.25, 0.3) is 0 Å². The molecule has 0 saturated carbocycles. The molecular weight excluding hydrogens is 304 g/mol. The van der Waals surface area contributed by atoms with Gasteiger partial charge in [0.1, 0.15) is 11.4 Å². The molecule has 1 aromatic heterocycles. The maximum Gasteiger partial charge on any atom is 0.161 e. The Balaban J connectivity index is 2.28. The third-order valence-electron chi connectivity index (χ3n) is 2.94. The second kappa shape index (κ2) is 6.82. The molecule has 5 nitrogen and oxygen atoms in total. The summed E-state index contributed by atoms with van der Waals surface area (Å²) in [5, 5.41) is 12.9. The van der Waals surface area contributed by atoms with Crippen molar-refractivity contribution < 1.29 is 4.74 Å². The van der Waals surface area contributed by atoms with Crippen molar-refractivity contribution in [1.82, 2.24) is 9.78 Å². The molecule has 0 radical (unpaired) electrons. The molecule has 0 aliphatic carbocycles. The van der Waals surface area contributed by atoms with Gasteiger partial charge in [-0.05, 0) is 44.4 Å². The third kappa shape index (κ3) is 3.48. The Kier molecular flexibility index (Phi) is 5.08. The quantitative estimate of drug-likeness (QED) is 0.620. The zero-order valence-electron chi connectivity index (χ0n) is 12.3. The maximum atomic E-state index is 5.26. The predicted octanol–water partition coefficient (Wildman–Crippen LogP) is 4.42. The van der Waals surface area contributed by atoms with Crippen molar-refractivity contribution >= 4 is 39.7 Å². The van der Waals surface area contributed by atoms with Crippen LogP contribution in [0, 0.1) is 13.8 Å². The molecule has 0 N–H and O–H groups in total. The Morgan fingerprint density at radius 1 is 1.24 bits per heavy atom. The van der Waals surface area contributed by atoms with Crippen molar-refractivity contribution in [2.24, 2.45) is 10.2 Å². The van der Waals surface area contributed by atoms with E-state index in [1.54, 1.807) is 11.8 Å². The monoisotopic (exact) mass is 320 g/mol. The molecule has 110 valence electrons. The van der Waals surface area contributed by atoms with E-state index in [0.29, 0.717) is 4.32 Å². The smallest absolute Gasteiger partial charge is 0.161 e. The van der Waals surface area contributed by atoms with Gasteiger partial charge in [-0.1, -0.05) is 24.0 Å². The largest absolute Gasteiger partial charge is 0.497 e. The first-order valence-electron chi connectivity index (χ1n) is 6.27. The SMILES string of the molecule is COc1ccc(N=Nc2c(C)nn(C(=S)SC)c2C)cc1. The van der Waals surface area contributed by atoms with Crippen LogP contribution in [0.15, 0.2) is 34.5 Å². The first-order chi connectivity index (χ1) is 10.1. The summed E-state index contributed by atoms with van der Waals surface area (Å²) < 4.78 is 7.53. The van der Waals surface area contributed by atoms with Crippen LogP contribution >= 0.6 is 24.0 Å². The van der Waals surface area contributed by atoms with Crippen LogP contribution in [0.25, 0.3) is 0 Å². The summed E-state index contributed by atoms with van der Waals surface area (Å²) >= 11 is 6.74. The van der Waals surface area contributed by atoms with E-state index in [0.717, 1.165) is 28.5 Å². The molecule has 0 bridgehead atoms. The number of benzene rings is 1. The molecule has 0 aliphatic heterocycles. The molecule has 1 aromatic carbocycles. The number of thiocarbonyl (C=S) groups is 1. The number of rotatable bonds is 3. The van der Waals surface area contributed by atoms with E-state index in [9.17, 15) is 0 Å². The number of methoxy groups -OCH3 is 1. The lowest BCUT2D eigenvalue weighted by molar-refractivity contribution is 0.415. The number of ether oxygens (including phenoxy) is 1. The Morgan fingerprint density at radius 3 is 2.48 bits per heavy atom. The molecule has 1 heterocycles. The van der Waals surface area contributed by atoms with Gasteiger partial charge in [0, 0.05) is 0 Å². The Bertz CT molecular complexity index is 677. The van der Waals surface area contributed by atoms with Gasteiger partial charge >= 0.3 is 0 Å². The summed E-state index contributed by atoms with van der Waals surface area (Å²) in [7, 11) is 1.63. The van der Waals surface area contributed by atoms with E-state index in [1.807, 2.05) is 44.4 Å². The second-order valence-corrected chi connectivity index (χ2v) is 5.74. The van der Waals surface area contributed by atoms with E-state index in [-0.39, 0.29) is 0 Å². The minimum absolute atomic E-state index is 0.696. The van der Waals surface area contributed by atoms with E-state index in [1.165, 1.54) is 11.8 Å². The number of thioether (sulfide) groups is 1. The zero-order valence-corrected chi connectivity index (χ0v) is 14.0. The Hall–Kier alpha value is -1.73. The highest BCUT2D eigenvalue weighted by Gasteiger charge is 2.13. The molecule has 0 amide bonds. The molecule has 2 aromatic rings. The molecule has 0 atom stereocenters. The van der Waals surface area contributed by atoms with E-state index in [2.05, 4.69) is 15.3 Å². The number of hydrogen-bond donors (Lipinski definition) is 0. The number of aryl methyl sites for hydroxylation is 1. The van der Waals surface area contributed by atoms with Gasteiger partial charge in [-0.2, -0.15) is 10.2 Å². The third-order valence-corrected chi connectivity index (χ3v) is 4.13. The number of nitrogens with zero attached hydrogens (tertiary/aromatic N) is 4. The molecule has 0 saturated heterocycles. The molecule has 21 heavy (non-hydrogen) atoms. The zero-order chi connectivity index (χ0) is 15.4. The standard InChI is InChI=1S/C14H16N4OS2/c1-9-13(10(2)18(17-9)14(20)21-4)16-15-11-5-7-12(19-3)8-6-11/h5-8H,1-4H3. The van der Waals surface area contributed by atoms with Gasteiger partial charge in [-0.15, -0.1) is 5.11 Å². The number of azo groups is 1. The second-order valence-electron chi connectivity index (χ2n) is 4.30. The summed E-state index contributed by atoms with van der Waals surface area (Å²) in [6, 6.07) is 7.40. The van der Waals surface area contributed by atoms with Crippen molar-refractivity contribution in [1.29, 1.82) is 0 Å². The van der Waals surface area contributed by atoms with Gasteiger partial charge in [0.15, 0.2) is 4.32 Å². The van der Waals surface area contributed by atoms with Gasteiger partial charge < -0.3 is 4.74 Å². The number of hydrogen-bond acceptors (Lipinski definition) is 6. The van der Waals surface area contributed by atoms with Crippen LogP contribution in [0.3, 0.4) is 0 Å². The predicted molar refractivity (Wildman–Crippen MR) is 90.4 cm³/mol. The molecule has 7 heteroatoms. The fourth-order valence-corrected chi connectivity index (χ4v) is 2.33. The van der Waals surface area contributed by atoms with Gasteiger partial charge in [0.05, 0.1) is 24.2 Å². The lowest BCUT2D eigenvalue weighted by Crippen LogP contribution is -2.07. The fraction of sp³-hybridized carbons (Fsp3) is 0.286. The van der Waals surface area contributed by atoms with Gasteiger partial charge in [-0.3, -0.25) is 0 Å². The summed E-state index contributed by atoms with van der Waals surface area (Å²) in [5.41, 5.74) is 3.21. The van der Waals surface area contributed by atoms with Crippen LogP contribution < -0.4 is 4.74 Å². The minimum Gasteiger partial charge on any atom is -0.497 e. The van der Waals surface area contributed by atoms with Crippen molar-refractivity contribution in [2.75, 3.05) is 13.4 Å². The molecule has 0 aliphatic rings. The topological polar surface area (TPSA) is 51.8 Å². The van der Waals surface area contributed by atoms with Gasteiger partial charge in [0.2, 0.25) is 0 Å². The fourth-order valence-electron chi connectivity index (χ4n) is 1.80. The lowest BCUT2D eigenvalue weighted by atomic mass is 10.3. The summed E-state index contributed by atoms with van der Waals surface area (Å²) in [6.45, 7) is 3.83. The highest BCUT2D eigenvalue weighted by Crippen LogP contribution is 2.27. The van der Waals surface area contributed by atoms with Crippen LogP contribution in [0.1, 0.15) is 11.4 Å². The van der Waals surface area contributed by atoms with Crippen LogP contribution in [0.4, 0.5) is 11.4 Å². The van der Waals surface area contributed by atoms with Crippen LogP contribution in [0.5, 0.6) is 5.75 Å². The molecule has 2 rings (SSSR count). The molecule has 0 spiro atoms.